The predicted octanol–water partition coefficient (Wildman–Crippen LogP) is 5.73. The quantitative estimate of drug-likeness (QED) is 0.545. The third-order valence-electron chi connectivity index (χ3n) is 3.71. The minimum absolute atomic E-state index is 0.0786. The number of thioether (sulfide) groups is 1. The number of alkyl halides is 3. The number of nitrogens with zero attached hydrogens (tertiary/aromatic N) is 1. The third-order valence-corrected chi connectivity index (χ3v) is 4.79. The molecule has 0 aliphatic carbocycles. The molecule has 152 valence electrons. The lowest BCUT2D eigenvalue weighted by molar-refractivity contribution is -0.137. The Kier molecular flexibility index (Phi) is 7.11. The van der Waals surface area contributed by atoms with Gasteiger partial charge in [0.05, 0.1) is 10.6 Å². The Morgan fingerprint density at radius 2 is 1.82 bits per heavy atom. The van der Waals surface area contributed by atoms with Crippen molar-refractivity contribution in [1.29, 1.82) is 0 Å². The van der Waals surface area contributed by atoms with E-state index in [9.17, 15) is 18.0 Å². The minimum Gasteiger partial charge on any atom is -0.480 e. The van der Waals surface area contributed by atoms with Crippen molar-refractivity contribution in [1.82, 2.24) is 4.90 Å². The molecule has 0 heterocycles. The van der Waals surface area contributed by atoms with Crippen LogP contribution in [0, 0.1) is 0 Å². The monoisotopic (exact) mass is 433 g/mol. The highest BCUT2D eigenvalue weighted by Gasteiger charge is 2.31. The molecular formula is C19H19ClF3NO3S. The van der Waals surface area contributed by atoms with Gasteiger partial charge in [-0.05, 0) is 43.5 Å². The normalized spacial score (nSPS) is 12.4. The second kappa shape index (κ2) is 8.96. The lowest BCUT2D eigenvalue weighted by atomic mass is 10.2. The molecule has 4 nitrogen and oxygen atoms in total. The number of halogens is 4. The van der Waals surface area contributed by atoms with Crippen LogP contribution in [0.5, 0.6) is 17.2 Å². The Balaban J connectivity index is 2.27. The molecule has 0 spiro atoms. The van der Waals surface area contributed by atoms with E-state index < -0.39 is 17.8 Å². The van der Waals surface area contributed by atoms with Gasteiger partial charge in [0.25, 0.3) is 5.91 Å². The van der Waals surface area contributed by atoms with Crippen molar-refractivity contribution in [3.05, 3.63) is 47.0 Å². The summed E-state index contributed by atoms with van der Waals surface area (Å²) in [7, 11) is 3.26. The smallest absolute Gasteiger partial charge is 0.416 e. The summed E-state index contributed by atoms with van der Waals surface area (Å²) in [4.78, 5) is 14.2. The third kappa shape index (κ3) is 5.48. The van der Waals surface area contributed by atoms with E-state index in [1.165, 1.54) is 16.7 Å². The Hall–Kier alpha value is -2.06. The van der Waals surface area contributed by atoms with Crippen molar-refractivity contribution < 1.29 is 27.4 Å². The van der Waals surface area contributed by atoms with Crippen LogP contribution < -0.4 is 9.47 Å². The molecule has 0 saturated carbocycles. The van der Waals surface area contributed by atoms with Gasteiger partial charge in [0.15, 0.2) is 6.10 Å². The van der Waals surface area contributed by atoms with Crippen LogP contribution in [0.3, 0.4) is 0 Å². The Morgan fingerprint density at radius 1 is 1.14 bits per heavy atom. The lowest BCUT2D eigenvalue weighted by Crippen LogP contribution is -2.35. The summed E-state index contributed by atoms with van der Waals surface area (Å²) in [6.45, 7) is 1.63. The van der Waals surface area contributed by atoms with Crippen LogP contribution in [0.15, 0.2) is 41.3 Å². The highest BCUT2D eigenvalue weighted by molar-refractivity contribution is 7.98. The van der Waals surface area contributed by atoms with Gasteiger partial charge in [0.1, 0.15) is 17.2 Å². The summed E-state index contributed by atoms with van der Waals surface area (Å²) in [5.41, 5.74) is -0.859. The van der Waals surface area contributed by atoms with Crippen molar-refractivity contribution in [2.45, 2.75) is 24.1 Å². The molecule has 1 unspecified atom stereocenters. The van der Waals surface area contributed by atoms with Crippen molar-refractivity contribution in [2.24, 2.45) is 0 Å². The molecule has 9 heteroatoms. The van der Waals surface area contributed by atoms with Crippen molar-refractivity contribution in [3.8, 4) is 17.2 Å². The molecule has 28 heavy (non-hydrogen) atoms. The van der Waals surface area contributed by atoms with E-state index in [4.69, 9.17) is 21.1 Å². The first-order valence-electron chi connectivity index (χ1n) is 8.13. The van der Waals surface area contributed by atoms with Crippen LogP contribution in [0.1, 0.15) is 12.5 Å². The summed E-state index contributed by atoms with van der Waals surface area (Å²) < 4.78 is 49.7. The van der Waals surface area contributed by atoms with E-state index in [0.717, 1.165) is 23.1 Å². The second-order valence-corrected chi connectivity index (χ2v) is 7.31. The fraction of sp³-hybridized carbons (Fsp3) is 0.316. The minimum atomic E-state index is -4.49. The zero-order valence-electron chi connectivity index (χ0n) is 15.6. The number of benzene rings is 2. The van der Waals surface area contributed by atoms with E-state index in [0.29, 0.717) is 11.5 Å². The molecule has 2 aromatic carbocycles. The lowest BCUT2D eigenvalue weighted by Gasteiger charge is -2.20. The average molecular weight is 434 g/mol. The average Bonchev–Trinajstić information content (AvgIpc) is 2.62. The molecule has 1 amide bonds. The van der Waals surface area contributed by atoms with Gasteiger partial charge in [0.2, 0.25) is 0 Å². The van der Waals surface area contributed by atoms with E-state index in [1.807, 2.05) is 6.26 Å². The molecule has 1 atom stereocenters. The van der Waals surface area contributed by atoms with Crippen LogP contribution in [0.2, 0.25) is 5.02 Å². The fourth-order valence-corrected chi connectivity index (χ4v) is 3.04. The van der Waals surface area contributed by atoms with Gasteiger partial charge < -0.3 is 14.4 Å². The molecule has 0 aliphatic rings. The van der Waals surface area contributed by atoms with Gasteiger partial charge in [-0.15, -0.1) is 11.8 Å². The van der Waals surface area contributed by atoms with E-state index in [1.54, 1.807) is 39.2 Å². The van der Waals surface area contributed by atoms with Gasteiger partial charge in [-0.25, -0.2) is 0 Å². The Labute approximate surface area is 170 Å². The maximum Gasteiger partial charge on any atom is 0.416 e. The van der Waals surface area contributed by atoms with Crippen molar-refractivity contribution >= 4 is 29.3 Å². The van der Waals surface area contributed by atoms with Gasteiger partial charge in [0, 0.05) is 25.1 Å². The summed E-state index contributed by atoms with van der Waals surface area (Å²) in [6, 6.07) is 7.81. The van der Waals surface area contributed by atoms with Gasteiger partial charge >= 0.3 is 6.18 Å². The van der Waals surface area contributed by atoms with Crippen LogP contribution in [-0.2, 0) is 11.0 Å². The Bertz CT molecular complexity index is 859. The maximum atomic E-state index is 12.8. The van der Waals surface area contributed by atoms with Crippen molar-refractivity contribution in [2.75, 3.05) is 20.4 Å². The zero-order valence-corrected chi connectivity index (χ0v) is 17.2. The summed E-state index contributed by atoms with van der Waals surface area (Å²) >= 11 is 7.36. The van der Waals surface area contributed by atoms with Crippen LogP contribution in [0.4, 0.5) is 13.2 Å². The number of hydrogen-bond donors (Lipinski definition) is 0. The SMILES string of the molecule is CSc1ccc(Oc2ccc(C(F)(F)F)cc2Cl)cc1OC(C)C(=O)N(C)C. The Morgan fingerprint density at radius 3 is 2.36 bits per heavy atom. The van der Waals surface area contributed by atoms with Crippen LogP contribution in [-0.4, -0.2) is 37.3 Å². The van der Waals surface area contributed by atoms with Gasteiger partial charge in [-0.1, -0.05) is 11.6 Å². The molecule has 0 fully saturated rings. The van der Waals surface area contributed by atoms with Gasteiger partial charge in [-0.3, -0.25) is 4.79 Å². The number of rotatable bonds is 6. The number of carbonyl (C=O) groups excluding carboxylic acids is 1. The highest BCUT2D eigenvalue weighted by atomic mass is 35.5. The van der Waals surface area contributed by atoms with E-state index >= 15 is 0 Å². The first kappa shape index (κ1) is 22.2. The fourth-order valence-electron chi connectivity index (χ4n) is 2.30. The zero-order chi connectivity index (χ0) is 21.1. The van der Waals surface area contributed by atoms with Gasteiger partial charge in [-0.2, -0.15) is 13.2 Å². The first-order valence-corrected chi connectivity index (χ1v) is 9.73. The summed E-state index contributed by atoms with van der Waals surface area (Å²) in [6.07, 6.45) is -3.35. The number of amides is 1. The molecular weight excluding hydrogens is 415 g/mol. The molecule has 0 aliphatic heterocycles. The molecule has 0 saturated heterocycles. The molecule has 0 bridgehead atoms. The molecule has 0 aromatic heterocycles. The van der Waals surface area contributed by atoms with E-state index in [-0.39, 0.29) is 16.7 Å². The largest absolute Gasteiger partial charge is 0.480 e. The summed E-state index contributed by atoms with van der Waals surface area (Å²) in [5, 5.41) is -0.164. The van der Waals surface area contributed by atoms with Crippen molar-refractivity contribution in [3.63, 3.8) is 0 Å². The highest BCUT2D eigenvalue weighted by Crippen LogP contribution is 2.38. The number of carbonyl (C=O) groups is 1. The predicted molar refractivity (Wildman–Crippen MR) is 104 cm³/mol. The first-order chi connectivity index (χ1) is 13.0. The van der Waals surface area contributed by atoms with E-state index in [2.05, 4.69) is 0 Å². The second-order valence-electron chi connectivity index (χ2n) is 6.05. The molecule has 0 radical (unpaired) electrons. The summed E-state index contributed by atoms with van der Waals surface area (Å²) in [5.74, 6) is 0.619. The molecule has 2 rings (SSSR count). The topological polar surface area (TPSA) is 38.8 Å². The van der Waals surface area contributed by atoms with Crippen LogP contribution in [0.25, 0.3) is 0 Å². The standard InChI is InChI=1S/C19H19ClF3NO3S/c1-11(18(25)24(2)3)26-16-10-13(6-8-17(16)28-4)27-15-7-5-12(9-14(15)20)19(21,22)23/h5-11H,1-4H3. The molecule has 2 aromatic rings. The molecule has 0 N–H and O–H groups in total. The van der Waals surface area contributed by atoms with Crippen LogP contribution >= 0.6 is 23.4 Å². The number of ether oxygens (including phenoxy) is 2. The maximum absolute atomic E-state index is 12.8. The number of likely N-dealkylation sites (N-methyl/N-ethyl adjacent to an activating group) is 1. The number of hydrogen-bond acceptors (Lipinski definition) is 4.